The predicted molar refractivity (Wildman–Crippen MR) is 81.4 cm³/mol. The molecule has 2 heterocycles. The molecule has 6 nitrogen and oxygen atoms in total. The van der Waals surface area contributed by atoms with Crippen LogP contribution in [0.1, 0.15) is 19.3 Å². The van der Waals surface area contributed by atoms with Gasteiger partial charge in [0, 0.05) is 26.2 Å². The van der Waals surface area contributed by atoms with Gasteiger partial charge in [-0.1, -0.05) is 18.0 Å². The first-order chi connectivity index (χ1) is 9.72. The minimum Gasteiger partial charge on any atom is -0.353 e. The lowest BCUT2D eigenvalue weighted by Crippen LogP contribution is -2.47. The highest BCUT2D eigenvalue weighted by atomic mass is 35.5. The Labute approximate surface area is 123 Å². The number of rotatable bonds is 6. The molecule has 0 radical (unpaired) electrons. The maximum atomic E-state index is 11.5. The van der Waals surface area contributed by atoms with Gasteiger partial charge in [0.1, 0.15) is 5.02 Å². The number of nitrogens with one attached hydrogen (secondary N) is 1. The summed E-state index contributed by atoms with van der Waals surface area (Å²) < 4.78 is 0. The highest BCUT2D eigenvalue weighted by Gasteiger charge is 2.20. The molecular formula is C13H22ClN5O. The summed E-state index contributed by atoms with van der Waals surface area (Å²) in [4.78, 5) is 22.7. The summed E-state index contributed by atoms with van der Waals surface area (Å²) in [6.07, 6.45) is 4.90. The van der Waals surface area contributed by atoms with Crippen LogP contribution in [0.15, 0.2) is 11.1 Å². The van der Waals surface area contributed by atoms with Crippen LogP contribution in [0, 0.1) is 0 Å². The van der Waals surface area contributed by atoms with Crippen LogP contribution in [0.4, 0.5) is 5.82 Å². The number of piperazine rings is 1. The van der Waals surface area contributed by atoms with Gasteiger partial charge in [0.25, 0.3) is 5.56 Å². The summed E-state index contributed by atoms with van der Waals surface area (Å²) in [5, 5.41) is 0.184. The van der Waals surface area contributed by atoms with Gasteiger partial charge in [0.05, 0.1) is 6.33 Å². The smallest absolute Gasteiger partial charge is 0.271 e. The molecular weight excluding hydrogens is 278 g/mol. The molecule has 0 bridgehead atoms. The number of H-pyrrole nitrogens is 1. The van der Waals surface area contributed by atoms with Crippen LogP contribution in [0.25, 0.3) is 0 Å². The third-order valence-corrected chi connectivity index (χ3v) is 3.97. The van der Waals surface area contributed by atoms with Gasteiger partial charge in [-0.15, -0.1) is 0 Å². The molecule has 0 unspecified atom stereocenters. The third-order valence-electron chi connectivity index (χ3n) is 3.63. The van der Waals surface area contributed by atoms with E-state index in [-0.39, 0.29) is 10.6 Å². The van der Waals surface area contributed by atoms with Crippen LogP contribution in [0.2, 0.25) is 5.02 Å². The van der Waals surface area contributed by atoms with Crippen molar-refractivity contribution >= 4 is 17.4 Å². The molecule has 1 fully saturated rings. The van der Waals surface area contributed by atoms with Crippen LogP contribution in [0.5, 0.6) is 0 Å². The summed E-state index contributed by atoms with van der Waals surface area (Å²) in [6, 6.07) is 0. The molecule has 0 aliphatic carbocycles. The van der Waals surface area contributed by atoms with Crippen LogP contribution < -0.4 is 16.2 Å². The van der Waals surface area contributed by atoms with E-state index in [2.05, 4.69) is 19.8 Å². The molecule has 1 aromatic rings. The molecule has 1 aromatic heterocycles. The normalized spacial score (nSPS) is 16.6. The molecule has 2 rings (SSSR count). The van der Waals surface area contributed by atoms with E-state index in [1.807, 2.05) is 0 Å². The van der Waals surface area contributed by atoms with E-state index < -0.39 is 0 Å². The van der Waals surface area contributed by atoms with Gasteiger partial charge in [0.2, 0.25) is 0 Å². The molecule has 0 aromatic carbocycles. The Balaban J connectivity index is 1.82. The molecule has 0 amide bonds. The van der Waals surface area contributed by atoms with Gasteiger partial charge in [-0.2, -0.15) is 0 Å². The minimum absolute atomic E-state index is 0.184. The minimum atomic E-state index is -0.277. The Hall–Kier alpha value is -1.11. The highest BCUT2D eigenvalue weighted by molar-refractivity contribution is 6.32. The number of halogens is 1. The van der Waals surface area contributed by atoms with Crippen molar-refractivity contribution in [3.8, 4) is 0 Å². The van der Waals surface area contributed by atoms with E-state index in [0.29, 0.717) is 5.82 Å². The largest absolute Gasteiger partial charge is 0.353 e. The van der Waals surface area contributed by atoms with Gasteiger partial charge in [-0.3, -0.25) is 9.69 Å². The van der Waals surface area contributed by atoms with Crippen molar-refractivity contribution in [2.75, 3.05) is 44.2 Å². The average molecular weight is 300 g/mol. The van der Waals surface area contributed by atoms with Crippen LogP contribution in [-0.4, -0.2) is 54.1 Å². The van der Waals surface area contributed by atoms with Crippen molar-refractivity contribution in [2.24, 2.45) is 5.73 Å². The fraction of sp³-hybridized carbons (Fsp3) is 0.692. The van der Waals surface area contributed by atoms with Crippen LogP contribution in [-0.2, 0) is 0 Å². The lowest BCUT2D eigenvalue weighted by atomic mass is 10.2. The average Bonchev–Trinajstić information content (AvgIpc) is 2.47. The Morgan fingerprint density at radius 3 is 2.70 bits per heavy atom. The molecule has 0 spiro atoms. The number of hydrogen-bond donors (Lipinski definition) is 2. The number of hydrogen-bond acceptors (Lipinski definition) is 5. The number of aromatic amines is 1. The molecule has 1 aliphatic rings. The SMILES string of the molecule is NCCCCCN1CCN(c2nc[nH]c(=O)c2Cl)CC1. The lowest BCUT2D eigenvalue weighted by Gasteiger charge is -2.35. The van der Waals surface area contributed by atoms with Gasteiger partial charge in [-0.05, 0) is 25.9 Å². The quantitative estimate of drug-likeness (QED) is 0.755. The molecule has 0 atom stereocenters. The molecule has 1 saturated heterocycles. The maximum absolute atomic E-state index is 11.5. The zero-order valence-electron chi connectivity index (χ0n) is 11.6. The lowest BCUT2D eigenvalue weighted by molar-refractivity contribution is 0.252. The van der Waals surface area contributed by atoms with Gasteiger partial charge in [0.15, 0.2) is 5.82 Å². The number of unbranched alkanes of at least 4 members (excludes halogenated alkanes) is 2. The molecule has 0 saturated carbocycles. The Morgan fingerprint density at radius 2 is 2.00 bits per heavy atom. The number of aromatic nitrogens is 2. The fourth-order valence-electron chi connectivity index (χ4n) is 2.43. The summed E-state index contributed by atoms with van der Waals surface area (Å²) in [5.41, 5.74) is 5.21. The summed E-state index contributed by atoms with van der Waals surface area (Å²) in [6.45, 7) is 5.56. The van der Waals surface area contributed by atoms with Crippen molar-refractivity contribution in [3.63, 3.8) is 0 Å². The first-order valence-electron chi connectivity index (χ1n) is 7.13. The van der Waals surface area contributed by atoms with E-state index in [1.165, 1.54) is 19.2 Å². The summed E-state index contributed by atoms with van der Waals surface area (Å²) in [7, 11) is 0. The number of nitrogens with zero attached hydrogens (tertiary/aromatic N) is 3. The van der Waals surface area contributed by atoms with Gasteiger partial charge in [-0.25, -0.2) is 4.98 Å². The Bertz CT molecular complexity index is 470. The second kappa shape index (κ2) is 7.61. The van der Waals surface area contributed by atoms with Crippen molar-refractivity contribution in [3.05, 3.63) is 21.7 Å². The predicted octanol–water partition coefficient (Wildman–Crippen LogP) is 0.674. The van der Waals surface area contributed by atoms with Crippen molar-refractivity contribution in [1.29, 1.82) is 0 Å². The van der Waals surface area contributed by atoms with Crippen LogP contribution in [0.3, 0.4) is 0 Å². The summed E-state index contributed by atoms with van der Waals surface area (Å²) >= 11 is 6.01. The topological polar surface area (TPSA) is 78.2 Å². The van der Waals surface area contributed by atoms with E-state index in [0.717, 1.165) is 45.7 Å². The monoisotopic (exact) mass is 299 g/mol. The first-order valence-corrected chi connectivity index (χ1v) is 7.50. The molecule has 3 N–H and O–H groups in total. The first kappa shape index (κ1) is 15.3. The third kappa shape index (κ3) is 3.94. The van der Waals surface area contributed by atoms with E-state index >= 15 is 0 Å². The van der Waals surface area contributed by atoms with Gasteiger partial charge < -0.3 is 15.6 Å². The fourth-order valence-corrected chi connectivity index (χ4v) is 2.66. The van der Waals surface area contributed by atoms with Crippen molar-refractivity contribution < 1.29 is 0 Å². The maximum Gasteiger partial charge on any atom is 0.271 e. The number of anilines is 1. The zero-order chi connectivity index (χ0) is 14.4. The Morgan fingerprint density at radius 1 is 1.25 bits per heavy atom. The molecule has 20 heavy (non-hydrogen) atoms. The standard InChI is InChI=1S/C13H22ClN5O/c14-11-12(16-10-17-13(11)20)19-8-6-18(7-9-19)5-3-1-2-4-15/h10H,1-9,15H2,(H,16,17,20). The van der Waals surface area contributed by atoms with E-state index in [9.17, 15) is 4.79 Å². The Kier molecular flexibility index (Phi) is 5.82. The second-order valence-electron chi connectivity index (χ2n) is 5.05. The second-order valence-corrected chi connectivity index (χ2v) is 5.43. The van der Waals surface area contributed by atoms with E-state index in [1.54, 1.807) is 0 Å². The van der Waals surface area contributed by atoms with Crippen molar-refractivity contribution in [2.45, 2.75) is 19.3 Å². The molecule has 112 valence electrons. The molecule has 7 heteroatoms. The number of nitrogens with two attached hydrogens (primary N) is 1. The highest BCUT2D eigenvalue weighted by Crippen LogP contribution is 2.19. The van der Waals surface area contributed by atoms with Crippen molar-refractivity contribution in [1.82, 2.24) is 14.9 Å². The van der Waals surface area contributed by atoms with Gasteiger partial charge >= 0.3 is 0 Å². The van der Waals surface area contributed by atoms with Crippen LogP contribution >= 0.6 is 11.6 Å². The summed E-state index contributed by atoms with van der Waals surface area (Å²) in [5.74, 6) is 0.596. The van der Waals surface area contributed by atoms with E-state index in [4.69, 9.17) is 17.3 Å². The molecule has 1 aliphatic heterocycles. The zero-order valence-corrected chi connectivity index (χ0v) is 12.4.